The van der Waals surface area contributed by atoms with Gasteiger partial charge in [-0.25, -0.2) is 8.42 Å². The van der Waals surface area contributed by atoms with Crippen LogP contribution in [0, 0.1) is 0 Å². The molecule has 1 N–H and O–H groups in total. The van der Waals surface area contributed by atoms with Crippen LogP contribution >= 0.6 is 11.6 Å². The van der Waals surface area contributed by atoms with Crippen molar-refractivity contribution in [1.29, 1.82) is 0 Å². The first-order valence-corrected chi connectivity index (χ1v) is 9.82. The van der Waals surface area contributed by atoms with Gasteiger partial charge in [-0.3, -0.25) is 4.98 Å². The summed E-state index contributed by atoms with van der Waals surface area (Å²) in [4.78, 5) is 4.30. The molecule has 0 bridgehead atoms. The Morgan fingerprint density at radius 2 is 1.79 bits per heavy atom. The molecule has 1 aromatic carbocycles. The predicted octanol–water partition coefficient (Wildman–Crippen LogP) is 3.52. The van der Waals surface area contributed by atoms with Crippen LogP contribution in [0.1, 0.15) is 24.8 Å². The Hall–Kier alpha value is -1.63. The second-order valence-electron chi connectivity index (χ2n) is 5.82. The highest BCUT2D eigenvalue weighted by molar-refractivity contribution is 7.89. The number of aromatic nitrogens is 1. The quantitative estimate of drug-likeness (QED) is 0.880. The van der Waals surface area contributed by atoms with Gasteiger partial charge < -0.3 is 5.32 Å². The normalized spacial score (nSPS) is 16.0. The summed E-state index contributed by atoms with van der Waals surface area (Å²) in [6, 6.07) is 8.82. The molecule has 0 atom stereocenters. The highest BCUT2D eigenvalue weighted by Gasteiger charge is 2.25. The SMILES string of the molecule is O=S(=O)(c1ccc(CNc2ccncc2Cl)cc1)N1CCCCC1. The smallest absolute Gasteiger partial charge is 0.243 e. The van der Waals surface area contributed by atoms with E-state index in [0.717, 1.165) is 30.5 Å². The summed E-state index contributed by atoms with van der Waals surface area (Å²) in [6.07, 6.45) is 6.23. The number of piperidine rings is 1. The van der Waals surface area contributed by atoms with Crippen LogP contribution in [0.4, 0.5) is 5.69 Å². The number of nitrogens with one attached hydrogen (secondary N) is 1. The lowest BCUT2D eigenvalue weighted by molar-refractivity contribution is 0.346. The van der Waals surface area contributed by atoms with Crippen molar-refractivity contribution in [3.05, 3.63) is 53.3 Å². The molecule has 0 radical (unpaired) electrons. The van der Waals surface area contributed by atoms with Crippen LogP contribution in [-0.4, -0.2) is 30.8 Å². The first-order chi connectivity index (χ1) is 11.6. The molecule has 1 saturated heterocycles. The third-order valence-electron chi connectivity index (χ3n) is 4.13. The third-order valence-corrected chi connectivity index (χ3v) is 6.35. The number of pyridine rings is 1. The number of nitrogens with zero attached hydrogens (tertiary/aromatic N) is 2. The van der Waals surface area contributed by atoms with E-state index >= 15 is 0 Å². The Morgan fingerprint density at radius 1 is 1.08 bits per heavy atom. The maximum atomic E-state index is 12.6. The van der Waals surface area contributed by atoms with Crippen molar-refractivity contribution in [2.24, 2.45) is 0 Å². The van der Waals surface area contributed by atoms with E-state index in [1.807, 2.05) is 12.1 Å². The lowest BCUT2D eigenvalue weighted by Gasteiger charge is -2.25. The average molecular weight is 366 g/mol. The molecule has 3 rings (SSSR count). The molecule has 2 heterocycles. The fourth-order valence-corrected chi connectivity index (χ4v) is 4.45. The van der Waals surface area contributed by atoms with Gasteiger partial charge in [0.25, 0.3) is 0 Å². The molecule has 2 aromatic rings. The zero-order valence-electron chi connectivity index (χ0n) is 13.3. The monoisotopic (exact) mass is 365 g/mol. The van der Waals surface area contributed by atoms with E-state index in [-0.39, 0.29) is 0 Å². The number of benzene rings is 1. The van der Waals surface area contributed by atoms with Gasteiger partial charge in [0.1, 0.15) is 0 Å². The van der Waals surface area contributed by atoms with E-state index in [9.17, 15) is 8.42 Å². The summed E-state index contributed by atoms with van der Waals surface area (Å²) in [5, 5.41) is 3.78. The van der Waals surface area contributed by atoms with Crippen LogP contribution in [0.2, 0.25) is 5.02 Å². The summed E-state index contributed by atoms with van der Waals surface area (Å²) in [5.74, 6) is 0. The maximum Gasteiger partial charge on any atom is 0.243 e. The standard InChI is InChI=1S/C17H20ClN3O2S/c18-16-13-19-9-8-17(16)20-12-14-4-6-15(7-5-14)24(22,23)21-10-2-1-3-11-21/h4-9,13H,1-3,10-12H2,(H,19,20). The van der Waals surface area contributed by atoms with Gasteiger partial charge in [0.05, 0.1) is 15.6 Å². The number of sulfonamides is 1. The van der Waals surface area contributed by atoms with Crippen LogP contribution in [-0.2, 0) is 16.6 Å². The molecule has 1 fully saturated rings. The van der Waals surface area contributed by atoms with E-state index < -0.39 is 10.0 Å². The van der Waals surface area contributed by atoms with Crippen molar-refractivity contribution in [2.75, 3.05) is 18.4 Å². The Balaban J connectivity index is 1.68. The number of rotatable bonds is 5. The van der Waals surface area contributed by atoms with Gasteiger partial charge >= 0.3 is 0 Å². The van der Waals surface area contributed by atoms with Gasteiger partial charge in [0.2, 0.25) is 10.0 Å². The molecule has 0 saturated carbocycles. The summed E-state index contributed by atoms with van der Waals surface area (Å²) in [5.41, 5.74) is 1.79. The topological polar surface area (TPSA) is 62.3 Å². The fraction of sp³-hybridized carbons (Fsp3) is 0.353. The molecule has 128 valence electrons. The lowest BCUT2D eigenvalue weighted by atomic mass is 10.2. The third kappa shape index (κ3) is 3.88. The van der Waals surface area contributed by atoms with Gasteiger partial charge in [0, 0.05) is 32.0 Å². The summed E-state index contributed by atoms with van der Waals surface area (Å²) in [7, 11) is -3.37. The minimum Gasteiger partial charge on any atom is -0.380 e. The number of hydrogen-bond acceptors (Lipinski definition) is 4. The number of hydrogen-bond donors (Lipinski definition) is 1. The summed E-state index contributed by atoms with van der Waals surface area (Å²) < 4.78 is 26.8. The second-order valence-corrected chi connectivity index (χ2v) is 8.16. The van der Waals surface area contributed by atoms with E-state index in [1.165, 1.54) is 0 Å². The Kier molecular flexibility index (Phi) is 5.38. The molecule has 0 unspecified atom stereocenters. The zero-order chi connectivity index (χ0) is 17.0. The van der Waals surface area contributed by atoms with Crippen LogP contribution in [0.15, 0.2) is 47.6 Å². The maximum absolute atomic E-state index is 12.6. The van der Waals surface area contributed by atoms with Gasteiger partial charge in [-0.15, -0.1) is 0 Å². The van der Waals surface area contributed by atoms with E-state index in [2.05, 4.69) is 10.3 Å². The molecule has 1 aliphatic heterocycles. The molecule has 5 nitrogen and oxygen atoms in total. The largest absolute Gasteiger partial charge is 0.380 e. The predicted molar refractivity (Wildman–Crippen MR) is 95.6 cm³/mol. The van der Waals surface area contributed by atoms with Crippen LogP contribution < -0.4 is 5.32 Å². The molecule has 0 spiro atoms. The molecule has 0 aliphatic carbocycles. The molecule has 1 aliphatic rings. The van der Waals surface area contributed by atoms with Gasteiger partial charge in [-0.05, 0) is 36.6 Å². The van der Waals surface area contributed by atoms with Crippen LogP contribution in [0.3, 0.4) is 0 Å². The molecule has 24 heavy (non-hydrogen) atoms. The van der Waals surface area contributed by atoms with E-state index in [4.69, 9.17) is 11.6 Å². The van der Waals surface area contributed by atoms with Crippen molar-refractivity contribution >= 4 is 27.3 Å². The first-order valence-electron chi connectivity index (χ1n) is 8.00. The van der Waals surface area contributed by atoms with Crippen molar-refractivity contribution in [1.82, 2.24) is 9.29 Å². The van der Waals surface area contributed by atoms with Crippen LogP contribution in [0.25, 0.3) is 0 Å². The first kappa shape index (κ1) is 17.2. The summed E-state index contributed by atoms with van der Waals surface area (Å²) in [6.45, 7) is 1.80. The Bertz CT molecular complexity index is 788. The lowest BCUT2D eigenvalue weighted by Crippen LogP contribution is -2.35. The molecular formula is C17H20ClN3O2S. The highest BCUT2D eigenvalue weighted by Crippen LogP contribution is 2.22. The molecule has 7 heteroatoms. The Morgan fingerprint density at radius 3 is 2.46 bits per heavy atom. The van der Waals surface area contributed by atoms with Gasteiger partial charge in [-0.1, -0.05) is 30.2 Å². The highest BCUT2D eigenvalue weighted by atomic mass is 35.5. The minimum absolute atomic E-state index is 0.357. The van der Waals surface area contributed by atoms with Gasteiger partial charge in [0.15, 0.2) is 0 Å². The number of anilines is 1. The van der Waals surface area contributed by atoms with Crippen molar-refractivity contribution in [2.45, 2.75) is 30.7 Å². The Labute approximate surface area is 147 Å². The van der Waals surface area contributed by atoms with E-state index in [1.54, 1.807) is 34.9 Å². The summed E-state index contributed by atoms with van der Waals surface area (Å²) >= 11 is 6.05. The van der Waals surface area contributed by atoms with Crippen molar-refractivity contribution in [3.8, 4) is 0 Å². The molecular weight excluding hydrogens is 346 g/mol. The zero-order valence-corrected chi connectivity index (χ0v) is 14.9. The molecule has 0 amide bonds. The minimum atomic E-state index is -3.37. The average Bonchev–Trinajstić information content (AvgIpc) is 2.62. The molecule has 1 aromatic heterocycles. The van der Waals surface area contributed by atoms with Crippen molar-refractivity contribution in [3.63, 3.8) is 0 Å². The van der Waals surface area contributed by atoms with E-state index in [0.29, 0.717) is 29.6 Å². The van der Waals surface area contributed by atoms with Gasteiger partial charge in [-0.2, -0.15) is 4.31 Å². The van der Waals surface area contributed by atoms with Crippen molar-refractivity contribution < 1.29 is 8.42 Å². The number of halogens is 1. The van der Waals surface area contributed by atoms with Crippen LogP contribution in [0.5, 0.6) is 0 Å². The fourth-order valence-electron chi connectivity index (χ4n) is 2.75. The second kappa shape index (κ2) is 7.51.